The van der Waals surface area contributed by atoms with Crippen molar-refractivity contribution in [2.75, 3.05) is 6.54 Å². The summed E-state index contributed by atoms with van der Waals surface area (Å²) in [5.41, 5.74) is 1.38. The van der Waals surface area contributed by atoms with Gasteiger partial charge in [-0.05, 0) is 36.8 Å². The minimum atomic E-state index is 0.327. The molecule has 2 bridgehead atoms. The Labute approximate surface area is 96.2 Å². The van der Waals surface area contributed by atoms with Crippen LogP contribution < -0.4 is 4.74 Å². The van der Waals surface area contributed by atoms with Crippen molar-refractivity contribution in [1.82, 2.24) is 4.90 Å². The Kier molecular flexibility index (Phi) is 1.83. The van der Waals surface area contributed by atoms with Crippen LogP contribution in [0.2, 0.25) is 0 Å². The minimum Gasteiger partial charge on any atom is -0.474 e. The molecule has 2 nitrogen and oxygen atoms in total. The van der Waals surface area contributed by atoms with Gasteiger partial charge in [-0.3, -0.25) is 4.90 Å². The van der Waals surface area contributed by atoms with Crippen LogP contribution in [0.15, 0.2) is 24.3 Å². The molecule has 2 heterocycles. The standard InChI is InChI=1S/C14H17NO/c1-2-4-13-11(3-1)8-14(16-13)15-9-10-5-6-12(15)7-10/h1-4,10,12,14H,5-9H2. The Morgan fingerprint density at radius 1 is 1.19 bits per heavy atom. The highest BCUT2D eigenvalue weighted by atomic mass is 16.5. The lowest BCUT2D eigenvalue weighted by molar-refractivity contribution is 0.0196. The van der Waals surface area contributed by atoms with Crippen LogP contribution in [0.5, 0.6) is 5.75 Å². The van der Waals surface area contributed by atoms with E-state index < -0.39 is 0 Å². The average molecular weight is 215 g/mol. The number of para-hydroxylation sites is 1. The molecule has 1 aromatic carbocycles. The highest BCUT2D eigenvalue weighted by molar-refractivity contribution is 5.37. The lowest BCUT2D eigenvalue weighted by Crippen LogP contribution is -2.43. The Bertz CT molecular complexity index is 392. The smallest absolute Gasteiger partial charge is 0.157 e. The first-order valence-corrected chi connectivity index (χ1v) is 6.40. The molecule has 84 valence electrons. The molecule has 1 saturated carbocycles. The van der Waals surface area contributed by atoms with Crippen LogP contribution in [0.4, 0.5) is 0 Å². The van der Waals surface area contributed by atoms with E-state index in [-0.39, 0.29) is 0 Å². The van der Waals surface area contributed by atoms with Gasteiger partial charge in [-0.1, -0.05) is 18.2 Å². The number of benzene rings is 1. The summed E-state index contributed by atoms with van der Waals surface area (Å²) in [7, 11) is 0. The molecule has 3 atom stereocenters. The second-order valence-corrected chi connectivity index (χ2v) is 5.41. The second-order valence-electron chi connectivity index (χ2n) is 5.41. The fourth-order valence-corrected chi connectivity index (χ4v) is 3.66. The first-order chi connectivity index (χ1) is 7.90. The molecule has 3 unspecified atom stereocenters. The predicted octanol–water partition coefficient (Wildman–Crippen LogP) is 2.43. The van der Waals surface area contributed by atoms with E-state index in [0.717, 1.165) is 24.1 Å². The van der Waals surface area contributed by atoms with Crippen molar-refractivity contribution in [2.24, 2.45) is 5.92 Å². The molecule has 2 heteroatoms. The topological polar surface area (TPSA) is 12.5 Å². The van der Waals surface area contributed by atoms with Gasteiger partial charge in [0, 0.05) is 19.0 Å². The number of likely N-dealkylation sites (tertiary alicyclic amines) is 1. The number of fused-ring (bicyclic) bond motifs is 3. The summed E-state index contributed by atoms with van der Waals surface area (Å²) in [6.45, 7) is 1.27. The average Bonchev–Trinajstić information content (AvgIpc) is 3.02. The molecule has 0 aromatic heterocycles. The molecular formula is C14H17NO. The van der Waals surface area contributed by atoms with Crippen molar-refractivity contribution in [2.45, 2.75) is 38.0 Å². The molecule has 0 N–H and O–H groups in total. The summed E-state index contributed by atoms with van der Waals surface area (Å²) in [5.74, 6) is 2.06. The van der Waals surface area contributed by atoms with Crippen LogP contribution in [0.1, 0.15) is 24.8 Å². The van der Waals surface area contributed by atoms with Gasteiger partial charge in [0.05, 0.1) is 0 Å². The summed E-state index contributed by atoms with van der Waals surface area (Å²) in [5, 5.41) is 0. The van der Waals surface area contributed by atoms with Crippen LogP contribution >= 0.6 is 0 Å². The zero-order valence-corrected chi connectivity index (χ0v) is 9.43. The largest absolute Gasteiger partial charge is 0.474 e. The van der Waals surface area contributed by atoms with Gasteiger partial charge in [0.1, 0.15) is 5.75 Å². The quantitative estimate of drug-likeness (QED) is 0.713. The van der Waals surface area contributed by atoms with E-state index in [1.807, 2.05) is 0 Å². The molecule has 4 rings (SSSR count). The fourth-order valence-electron chi connectivity index (χ4n) is 3.66. The van der Waals surface area contributed by atoms with Crippen molar-refractivity contribution >= 4 is 0 Å². The Balaban J connectivity index is 1.56. The normalized spacial score (nSPS) is 36.4. The summed E-state index contributed by atoms with van der Waals surface area (Å²) >= 11 is 0. The molecule has 1 aromatic rings. The van der Waals surface area contributed by atoms with E-state index in [9.17, 15) is 0 Å². The van der Waals surface area contributed by atoms with Gasteiger partial charge in [0.2, 0.25) is 0 Å². The third-order valence-electron chi connectivity index (χ3n) is 4.45. The molecule has 0 spiro atoms. The Morgan fingerprint density at radius 3 is 2.88 bits per heavy atom. The molecule has 0 amide bonds. The maximum absolute atomic E-state index is 6.07. The minimum absolute atomic E-state index is 0.327. The van der Waals surface area contributed by atoms with Gasteiger partial charge in [0.25, 0.3) is 0 Å². The number of ether oxygens (including phenoxy) is 1. The van der Waals surface area contributed by atoms with Gasteiger partial charge in [-0.2, -0.15) is 0 Å². The highest BCUT2D eigenvalue weighted by Gasteiger charge is 2.43. The molecule has 2 fully saturated rings. The first kappa shape index (κ1) is 9.06. The fraction of sp³-hybridized carbons (Fsp3) is 0.571. The van der Waals surface area contributed by atoms with Crippen molar-refractivity contribution in [3.05, 3.63) is 29.8 Å². The zero-order chi connectivity index (χ0) is 10.5. The van der Waals surface area contributed by atoms with E-state index in [1.54, 1.807) is 0 Å². The predicted molar refractivity (Wildman–Crippen MR) is 62.4 cm³/mol. The van der Waals surface area contributed by atoms with E-state index in [4.69, 9.17) is 4.74 Å². The van der Waals surface area contributed by atoms with E-state index in [0.29, 0.717) is 6.23 Å². The lowest BCUT2D eigenvalue weighted by atomic mass is 10.1. The van der Waals surface area contributed by atoms with Crippen molar-refractivity contribution in [3.63, 3.8) is 0 Å². The van der Waals surface area contributed by atoms with Crippen LogP contribution in [0, 0.1) is 5.92 Å². The van der Waals surface area contributed by atoms with Crippen molar-refractivity contribution < 1.29 is 4.74 Å². The molecule has 3 aliphatic rings. The maximum atomic E-state index is 6.07. The number of rotatable bonds is 1. The van der Waals surface area contributed by atoms with Crippen molar-refractivity contribution in [1.29, 1.82) is 0 Å². The molecule has 16 heavy (non-hydrogen) atoms. The lowest BCUT2D eigenvalue weighted by Gasteiger charge is -2.31. The van der Waals surface area contributed by atoms with Crippen LogP contribution in [-0.2, 0) is 6.42 Å². The SMILES string of the molecule is c1ccc2c(c1)CC(N1CC3CCC1C3)O2. The Morgan fingerprint density at radius 2 is 2.12 bits per heavy atom. The summed E-state index contributed by atoms with van der Waals surface area (Å²) in [6.07, 6.45) is 5.66. The first-order valence-electron chi connectivity index (χ1n) is 6.40. The van der Waals surface area contributed by atoms with Gasteiger partial charge in [0.15, 0.2) is 6.23 Å². The van der Waals surface area contributed by atoms with Gasteiger partial charge < -0.3 is 4.74 Å². The molecule has 0 radical (unpaired) electrons. The number of piperidine rings is 1. The summed E-state index contributed by atoms with van der Waals surface area (Å²) in [4.78, 5) is 2.61. The third kappa shape index (κ3) is 1.23. The van der Waals surface area contributed by atoms with Gasteiger partial charge in [-0.25, -0.2) is 0 Å². The zero-order valence-electron chi connectivity index (χ0n) is 9.43. The molecule has 2 aliphatic heterocycles. The maximum Gasteiger partial charge on any atom is 0.157 e. The number of nitrogens with zero attached hydrogens (tertiary/aromatic N) is 1. The summed E-state index contributed by atoms with van der Waals surface area (Å²) in [6, 6.07) is 9.29. The van der Waals surface area contributed by atoms with Crippen molar-refractivity contribution in [3.8, 4) is 5.75 Å². The monoisotopic (exact) mass is 215 g/mol. The number of hydrogen-bond acceptors (Lipinski definition) is 2. The third-order valence-corrected chi connectivity index (χ3v) is 4.45. The molecular weight excluding hydrogens is 198 g/mol. The highest BCUT2D eigenvalue weighted by Crippen LogP contribution is 2.41. The molecule has 1 aliphatic carbocycles. The van der Waals surface area contributed by atoms with E-state index in [2.05, 4.69) is 29.2 Å². The molecule has 1 saturated heterocycles. The van der Waals surface area contributed by atoms with E-state index in [1.165, 1.54) is 31.4 Å². The second kappa shape index (κ2) is 3.24. The van der Waals surface area contributed by atoms with Crippen LogP contribution in [0.25, 0.3) is 0 Å². The van der Waals surface area contributed by atoms with E-state index >= 15 is 0 Å². The van der Waals surface area contributed by atoms with Gasteiger partial charge >= 0.3 is 0 Å². The van der Waals surface area contributed by atoms with Crippen LogP contribution in [-0.4, -0.2) is 23.7 Å². The Hall–Kier alpha value is -1.02. The van der Waals surface area contributed by atoms with Gasteiger partial charge in [-0.15, -0.1) is 0 Å². The summed E-state index contributed by atoms with van der Waals surface area (Å²) < 4.78 is 6.07. The van der Waals surface area contributed by atoms with Crippen LogP contribution in [0.3, 0.4) is 0 Å². The number of hydrogen-bond donors (Lipinski definition) is 0.